The monoisotopic (exact) mass is 449 g/mol. The molecule has 0 aliphatic carbocycles. The highest BCUT2D eigenvalue weighted by Gasteiger charge is 2.23. The number of hydrogen-bond donors (Lipinski definition) is 0. The second-order valence-electron chi connectivity index (χ2n) is 8.07. The van der Waals surface area contributed by atoms with Gasteiger partial charge in [0.15, 0.2) is 0 Å². The van der Waals surface area contributed by atoms with Crippen LogP contribution in [0.15, 0.2) is 67.0 Å². The molecule has 0 atom stereocenters. The van der Waals surface area contributed by atoms with Crippen molar-refractivity contribution in [1.29, 1.82) is 0 Å². The molecular formula is C25H31N5O3. The van der Waals surface area contributed by atoms with Crippen LogP contribution in [-0.2, 0) is 11.3 Å². The molecule has 2 heterocycles. The van der Waals surface area contributed by atoms with Crippen molar-refractivity contribution < 1.29 is 14.3 Å². The van der Waals surface area contributed by atoms with Crippen molar-refractivity contribution in [1.82, 2.24) is 19.6 Å². The number of amides is 1. The van der Waals surface area contributed by atoms with Crippen LogP contribution in [0.4, 0.5) is 10.5 Å². The molecule has 1 saturated heterocycles. The summed E-state index contributed by atoms with van der Waals surface area (Å²) in [5.74, 6) is 1.66. The number of anilines is 1. The fraction of sp³-hybridized carbons (Fsp3) is 0.360. The van der Waals surface area contributed by atoms with Gasteiger partial charge >= 0.3 is 6.03 Å². The van der Waals surface area contributed by atoms with Gasteiger partial charge in [-0.05, 0) is 36.8 Å². The second-order valence-corrected chi connectivity index (χ2v) is 8.07. The average Bonchev–Trinajstić information content (AvgIpc) is 3.34. The molecule has 33 heavy (non-hydrogen) atoms. The standard InChI is InChI=1S/C25H31N5O3/c1-3-32-20-27(2)22-17-26-30(19-22)25(31)29-14-12-28(13-15-29)18-21-8-7-11-24(16-21)33-23-9-5-4-6-10-23/h4-11,16-17,19H,3,12-15,18,20H2,1-2H3. The minimum absolute atomic E-state index is 0.0935. The molecule has 1 amide bonds. The molecule has 8 nitrogen and oxygen atoms in total. The number of carbonyl (C=O) groups is 1. The molecule has 1 aliphatic rings. The maximum Gasteiger partial charge on any atom is 0.344 e. The Kier molecular flexibility index (Phi) is 7.59. The number of hydrogen-bond acceptors (Lipinski definition) is 6. The van der Waals surface area contributed by atoms with Crippen molar-refractivity contribution in [2.24, 2.45) is 0 Å². The molecule has 0 bridgehead atoms. The third-order valence-electron chi connectivity index (χ3n) is 5.62. The SMILES string of the molecule is CCOCN(C)c1cnn(C(=O)N2CCN(Cc3cccc(Oc4ccccc4)c3)CC2)c1. The lowest BCUT2D eigenvalue weighted by atomic mass is 10.2. The van der Waals surface area contributed by atoms with E-state index in [9.17, 15) is 4.79 Å². The smallest absolute Gasteiger partial charge is 0.344 e. The zero-order valence-electron chi connectivity index (χ0n) is 19.3. The lowest BCUT2D eigenvalue weighted by Crippen LogP contribution is -2.49. The van der Waals surface area contributed by atoms with E-state index in [1.165, 1.54) is 10.2 Å². The Balaban J connectivity index is 1.28. The zero-order valence-corrected chi connectivity index (χ0v) is 19.3. The minimum Gasteiger partial charge on any atom is -0.457 e. The molecule has 2 aromatic carbocycles. The third kappa shape index (κ3) is 6.12. The van der Waals surface area contributed by atoms with Crippen LogP contribution in [0.1, 0.15) is 12.5 Å². The molecule has 3 aromatic rings. The van der Waals surface area contributed by atoms with Crippen molar-refractivity contribution >= 4 is 11.7 Å². The number of piperazine rings is 1. The van der Waals surface area contributed by atoms with Crippen molar-refractivity contribution in [2.45, 2.75) is 13.5 Å². The summed E-state index contributed by atoms with van der Waals surface area (Å²) in [7, 11) is 1.92. The van der Waals surface area contributed by atoms with Gasteiger partial charge in [0.1, 0.15) is 18.2 Å². The zero-order chi connectivity index (χ0) is 23.0. The summed E-state index contributed by atoms with van der Waals surface area (Å²) in [6.45, 7) is 6.85. The van der Waals surface area contributed by atoms with E-state index in [-0.39, 0.29) is 6.03 Å². The van der Waals surface area contributed by atoms with Crippen LogP contribution in [0.25, 0.3) is 0 Å². The van der Waals surface area contributed by atoms with Crippen molar-refractivity contribution in [3.63, 3.8) is 0 Å². The molecule has 1 aromatic heterocycles. The summed E-state index contributed by atoms with van der Waals surface area (Å²) in [5.41, 5.74) is 2.05. The van der Waals surface area contributed by atoms with E-state index in [2.05, 4.69) is 22.1 Å². The number of aromatic nitrogens is 2. The van der Waals surface area contributed by atoms with E-state index in [1.807, 2.05) is 66.2 Å². The molecule has 174 valence electrons. The lowest BCUT2D eigenvalue weighted by Gasteiger charge is -2.34. The van der Waals surface area contributed by atoms with Gasteiger partial charge in [-0.2, -0.15) is 9.78 Å². The fourth-order valence-electron chi connectivity index (χ4n) is 3.75. The van der Waals surface area contributed by atoms with Gasteiger partial charge in [0, 0.05) is 46.4 Å². The highest BCUT2D eigenvalue weighted by atomic mass is 16.5. The maximum absolute atomic E-state index is 12.9. The first-order valence-electron chi connectivity index (χ1n) is 11.3. The van der Waals surface area contributed by atoms with Crippen molar-refractivity contribution in [2.75, 3.05) is 51.5 Å². The van der Waals surface area contributed by atoms with Gasteiger partial charge in [-0.25, -0.2) is 4.79 Å². The number of benzene rings is 2. The first kappa shape index (κ1) is 22.8. The maximum atomic E-state index is 12.9. The van der Waals surface area contributed by atoms with E-state index < -0.39 is 0 Å². The highest BCUT2D eigenvalue weighted by Crippen LogP contribution is 2.22. The first-order valence-corrected chi connectivity index (χ1v) is 11.3. The third-order valence-corrected chi connectivity index (χ3v) is 5.62. The van der Waals surface area contributed by atoms with E-state index in [0.717, 1.165) is 36.8 Å². The predicted molar refractivity (Wildman–Crippen MR) is 128 cm³/mol. The summed E-state index contributed by atoms with van der Waals surface area (Å²) >= 11 is 0. The molecular weight excluding hydrogens is 418 g/mol. The summed E-state index contributed by atoms with van der Waals surface area (Å²) in [6.07, 6.45) is 3.45. The molecule has 8 heteroatoms. The van der Waals surface area contributed by atoms with Gasteiger partial charge in [0.25, 0.3) is 0 Å². The molecule has 0 saturated carbocycles. The Labute approximate surface area is 194 Å². The van der Waals surface area contributed by atoms with Gasteiger partial charge in [-0.15, -0.1) is 0 Å². The molecule has 0 unspecified atom stereocenters. The van der Waals surface area contributed by atoms with Crippen molar-refractivity contribution in [3.05, 3.63) is 72.6 Å². The quantitative estimate of drug-likeness (QED) is 0.486. The summed E-state index contributed by atoms with van der Waals surface area (Å²) in [5, 5.41) is 4.25. The van der Waals surface area contributed by atoms with Crippen LogP contribution in [0.5, 0.6) is 11.5 Å². The van der Waals surface area contributed by atoms with Gasteiger partial charge in [-0.3, -0.25) is 4.90 Å². The van der Waals surface area contributed by atoms with Crippen molar-refractivity contribution in [3.8, 4) is 11.5 Å². The topological polar surface area (TPSA) is 63.1 Å². The largest absolute Gasteiger partial charge is 0.457 e. The molecule has 4 rings (SSSR count). The Morgan fingerprint density at radius 3 is 2.55 bits per heavy atom. The predicted octanol–water partition coefficient (Wildman–Crippen LogP) is 3.89. The summed E-state index contributed by atoms with van der Waals surface area (Å²) in [4.78, 5) is 19.0. The van der Waals surface area contributed by atoms with Gasteiger partial charge in [0.05, 0.1) is 18.1 Å². The number of para-hydroxylation sites is 1. The van der Waals surface area contributed by atoms with E-state index in [0.29, 0.717) is 26.4 Å². The van der Waals surface area contributed by atoms with Crippen LogP contribution in [0, 0.1) is 0 Å². The highest BCUT2D eigenvalue weighted by molar-refractivity contribution is 5.77. The van der Waals surface area contributed by atoms with Crippen LogP contribution in [0.2, 0.25) is 0 Å². The Hall–Kier alpha value is -3.36. The van der Waals surface area contributed by atoms with Gasteiger partial charge < -0.3 is 19.3 Å². The van der Waals surface area contributed by atoms with Crippen LogP contribution in [0.3, 0.4) is 0 Å². The molecule has 1 fully saturated rings. The van der Waals surface area contributed by atoms with Crippen LogP contribution >= 0.6 is 0 Å². The van der Waals surface area contributed by atoms with E-state index in [1.54, 1.807) is 12.4 Å². The number of nitrogens with zero attached hydrogens (tertiary/aromatic N) is 5. The van der Waals surface area contributed by atoms with Gasteiger partial charge in [-0.1, -0.05) is 30.3 Å². The van der Waals surface area contributed by atoms with Gasteiger partial charge in [0.2, 0.25) is 0 Å². The normalized spacial score (nSPS) is 14.3. The number of rotatable bonds is 8. The second kappa shape index (κ2) is 11.0. The Bertz CT molecular complexity index is 1030. The average molecular weight is 450 g/mol. The van der Waals surface area contributed by atoms with E-state index >= 15 is 0 Å². The van der Waals surface area contributed by atoms with E-state index in [4.69, 9.17) is 9.47 Å². The summed E-state index contributed by atoms with van der Waals surface area (Å²) < 4.78 is 12.8. The first-order chi connectivity index (χ1) is 16.1. The lowest BCUT2D eigenvalue weighted by molar-refractivity contribution is 0.134. The minimum atomic E-state index is -0.0935. The fourth-order valence-corrected chi connectivity index (χ4v) is 3.75. The van der Waals surface area contributed by atoms with Crippen LogP contribution in [-0.4, -0.2) is 72.2 Å². The number of carbonyl (C=O) groups excluding carboxylic acids is 1. The summed E-state index contributed by atoms with van der Waals surface area (Å²) in [6, 6.07) is 17.9. The van der Waals surface area contributed by atoms with Crippen LogP contribution < -0.4 is 9.64 Å². The number of ether oxygens (including phenoxy) is 2. The molecule has 0 spiro atoms. The molecule has 0 radical (unpaired) electrons. The Morgan fingerprint density at radius 1 is 1.03 bits per heavy atom. The Morgan fingerprint density at radius 2 is 1.79 bits per heavy atom. The molecule has 1 aliphatic heterocycles. The molecule has 0 N–H and O–H groups in total.